The number of piperidine rings is 2. The monoisotopic (exact) mass is 366 g/mol. The number of aromatic nitrogens is 1. The molecule has 1 N–H and O–H groups in total. The van der Waals surface area contributed by atoms with Crippen LogP contribution in [0.4, 0.5) is 5.82 Å². The number of rotatable bonds is 4. The highest BCUT2D eigenvalue weighted by molar-refractivity contribution is 7.87. The van der Waals surface area contributed by atoms with Gasteiger partial charge in [-0.3, -0.25) is 0 Å². The van der Waals surface area contributed by atoms with Gasteiger partial charge < -0.3 is 4.90 Å². The lowest BCUT2D eigenvalue weighted by Gasteiger charge is -2.37. The highest BCUT2D eigenvalue weighted by Crippen LogP contribution is 2.24. The summed E-state index contributed by atoms with van der Waals surface area (Å²) < 4.78 is 30.0. The standard InChI is InChI=1S/C18H30N4O2S/c1-14-11-15(2)13-22(12-14)25(23,24)20-17-7-9-21(10-8-17)18-6-4-5-16(3)19-18/h4-6,14-15,17,20H,7-13H2,1-3H3. The van der Waals surface area contributed by atoms with Crippen LogP contribution in [0.3, 0.4) is 0 Å². The van der Waals surface area contributed by atoms with Gasteiger partial charge in [0.25, 0.3) is 10.2 Å². The number of nitrogens with zero attached hydrogens (tertiary/aromatic N) is 3. The largest absolute Gasteiger partial charge is 0.356 e. The minimum atomic E-state index is -3.39. The van der Waals surface area contributed by atoms with Crippen molar-refractivity contribution in [3.05, 3.63) is 23.9 Å². The van der Waals surface area contributed by atoms with E-state index in [0.29, 0.717) is 24.9 Å². The predicted octanol–water partition coefficient (Wildman–Crippen LogP) is 2.17. The molecule has 140 valence electrons. The van der Waals surface area contributed by atoms with Gasteiger partial charge >= 0.3 is 0 Å². The molecule has 2 fully saturated rings. The summed E-state index contributed by atoms with van der Waals surface area (Å²) in [6.45, 7) is 9.17. The maximum absolute atomic E-state index is 12.7. The average Bonchev–Trinajstić information content (AvgIpc) is 2.54. The van der Waals surface area contributed by atoms with E-state index < -0.39 is 10.2 Å². The molecule has 0 bridgehead atoms. The summed E-state index contributed by atoms with van der Waals surface area (Å²) in [6.07, 6.45) is 2.73. The van der Waals surface area contributed by atoms with Crippen molar-refractivity contribution in [2.24, 2.45) is 11.8 Å². The van der Waals surface area contributed by atoms with Crippen LogP contribution in [0, 0.1) is 18.8 Å². The van der Waals surface area contributed by atoms with Crippen molar-refractivity contribution < 1.29 is 8.42 Å². The Bertz CT molecular complexity index is 676. The number of hydrogen-bond donors (Lipinski definition) is 1. The van der Waals surface area contributed by atoms with Gasteiger partial charge in [-0.15, -0.1) is 0 Å². The van der Waals surface area contributed by atoms with Crippen LogP contribution in [0.2, 0.25) is 0 Å². The van der Waals surface area contributed by atoms with E-state index in [1.54, 1.807) is 4.31 Å². The lowest BCUT2D eigenvalue weighted by molar-refractivity contribution is 0.219. The van der Waals surface area contributed by atoms with E-state index in [-0.39, 0.29) is 6.04 Å². The Balaban J connectivity index is 1.56. The SMILES string of the molecule is Cc1cccc(N2CCC(NS(=O)(=O)N3CC(C)CC(C)C3)CC2)n1. The maximum atomic E-state index is 12.7. The molecule has 0 aromatic carbocycles. The van der Waals surface area contributed by atoms with E-state index in [4.69, 9.17) is 0 Å². The first kappa shape index (κ1) is 18.6. The molecular weight excluding hydrogens is 336 g/mol. The van der Waals surface area contributed by atoms with Crippen molar-refractivity contribution in [3.63, 3.8) is 0 Å². The first-order chi connectivity index (χ1) is 11.8. The third-order valence-electron chi connectivity index (χ3n) is 5.18. The van der Waals surface area contributed by atoms with Gasteiger partial charge in [0.1, 0.15) is 5.82 Å². The lowest BCUT2D eigenvalue weighted by Crippen LogP contribution is -2.52. The zero-order valence-electron chi connectivity index (χ0n) is 15.5. The van der Waals surface area contributed by atoms with Crippen LogP contribution in [-0.2, 0) is 10.2 Å². The lowest BCUT2D eigenvalue weighted by atomic mass is 9.94. The van der Waals surface area contributed by atoms with E-state index in [2.05, 4.69) is 28.5 Å². The van der Waals surface area contributed by atoms with Crippen molar-refractivity contribution in [2.45, 2.75) is 46.1 Å². The van der Waals surface area contributed by atoms with Crippen molar-refractivity contribution in [2.75, 3.05) is 31.1 Å². The second kappa shape index (κ2) is 7.60. The molecule has 0 amide bonds. The van der Waals surface area contributed by atoms with Gasteiger partial charge in [-0.1, -0.05) is 19.9 Å². The number of aryl methyl sites for hydroxylation is 1. The van der Waals surface area contributed by atoms with Crippen LogP contribution in [0.1, 0.15) is 38.8 Å². The predicted molar refractivity (Wildman–Crippen MR) is 101 cm³/mol. The van der Waals surface area contributed by atoms with Crippen LogP contribution >= 0.6 is 0 Å². The first-order valence-electron chi connectivity index (χ1n) is 9.29. The smallest absolute Gasteiger partial charge is 0.279 e. The molecule has 3 heterocycles. The summed E-state index contributed by atoms with van der Waals surface area (Å²) in [5, 5.41) is 0. The molecule has 7 heteroatoms. The summed E-state index contributed by atoms with van der Waals surface area (Å²) in [7, 11) is -3.39. The Labute approximate surface area is 151 Å². The van der Waals surface area contributed by atoms with E-state index in [1.807, 2.05) is 25.1 Å². The van der Waals surface area contributed by atoms with E-state index in [0.717, 1.165) is 43.9 Å². The summed E-state index contributed by atoms with van der Waals surface area (Å²) in [6, 6.07) is 6.04. The van der Waals surface area contributed by atoms with Gasteiger partial charge in [-0.05, 0) is 50.2 Å². The highest BCUT2D eigenvalue weighted by Gasteiger charge is 2.32. The third kappa shape index (κ3) is 4.71. The Morgan fingerprint density at radius 1 is 1.12 bits per heavy atom. The van der Waals surface area contributed by atoms with Crippen molar-refractivity contribution in [3.8, 4) is 0 Å². The topological polar surface area (TPSA) is 65.5 Å². The molecule has 25 heavy (non-hydrogen) atoms. The van der Waals surface area contributed by atoms with E-state index >= 15 is 0 Å². The minimum absolute atomic E-state index is 0.0126. The van der Waals surface area contributed by atoms with Gasteiger partial charge in [0.15, 0.2) is 0 Å². The van der Waals surface area contributed by atoms with Crippen molar-refractivity contribution in [1.29, 1.82) is 0 Å². The third-order valence-corrected chi connectivity index (χ3v) is 6.79. The number of hydrogen-bond acceptors (Lipinski definition) is 4. The molecule has 2 saturated heterocycles. The quantitative estimate of drug-likeness (QED) is 0.887. The molecule has 6 nitrogen and oxygen atoms in total. The zero-order chi connectivity index (χ0) is 18.0. The van der Waals surface area contributed by atoms with Crippen LogP contribution < -0.4 is 9.62 Å². The van der Waals surface area contributed by atoms with E-state index in [1.165, 1.54) is 0 Å². The summed E-state index contributed by atoms with van der Waals surface area (Å²) in [4.78, 5) is 6.80. The van der Waals surface area contributed by atoms with Crippen molar-refractivity contribution in [1.82, 2.24) is 14.0 Å². The van der Waals surface area contributed by atoms with E-state index in [9.17, 15) is 8.42 Å². The highest BCUT2D eigenvalue weighted by atomic mass is 32.2. The first-order valence-corrected chi connectivity index (χ1v) is 10.7. The normalized spacial score (nSPS) is 26.8. The number of pyridine rings is 1. The summed E-state index contributed by atoms with van der Waals surface area (Å²) >= 11 is 0. The molecule has 0 aliphatic carbocycles. The van der Waals surface area contributed by atoms with Crippen molar-refractivity contribution >= 4 is 16.0 Å². The van der Waals surface area contributed by atoms with Crippen LogP contribution in [-0.4, -0.2) is 49.9 Å². The van der Waals surface area contributed by atoms with Gasteiger partial charge in [-0.25, -0.2) is 4.98 Å². The summed E-state index contributed by atoms with van der Waals surface area (Å²) in [5.41, 5.74) is 1.01. The second-order valence-electron chi connectivity index (χ2n) is 7.78. The van der Waals surface area contributed by atoms with Crippen LogP contribution in [0.15, 0.2) is 18.2 Å². The molecule has 2 aliphatic heterocycles. The fourth-order valence-corrected chi connectivity index (χ4v) is 5.73. The Morgan fingerprint density at radius 2 is 1.76 bits per heavy atom. The maximum Gasteiger partial charge on any atom is 0.279 e. The molecule has 0 radical (unpaired) electrons. The molecular formula is C18H30N4O2S. The number of anilines is 1. The van der Waals surface area contributed by atoms with Gasteiger partial charge in [0, 0.05) is 37.9 Å². The van der Waals surface area contributed by atoms with Gasteiger partial charge in [0.05, 0.1) is 0 Å². The molecule has 2 unspecified atom stereocenters. The molecule has 0 saturated carbocycles. The summed E-state index contributed by atoms with van der Waals surface area (Å²) in [5.74, 6) is 1.84. The second-order valence-corrected chi connectivity index (χ2v) is 9.49. The average molecular weight is 367 g/mol. The molecule has 2 aliphatic rings. The fraction of sp³-hybridized carbons (Fsp3) is 0.722. The van der Waals surface area contributed by atoms with Crippen LogP contribution in [0.25, 0.3) is 0 Å². The molecule has 0 spiro atoms. The van der Waals surface area contributed by atoms with Gasteiger partial charge in [0.2, 0.25) is 0 Å². The molecule has 1 aromatic rings. The van der Waals surface area contributed by atoms with Gasteiger partial charge in [-0.2, -0.15) is 17.4 Å². The molecule has 1 aromatic heterocycles. The number of nitrogens with one attached hydrogen (secondary N) is 1. The molecule has 2 atom stereocenters. The zero-order valence-corrected chi connectivity index (χ0v) is 16.3. The Morgan fingerprint density at radius 3 is 2.36 bits per heavy atom. The molecule has 3 rings (SSSR count). The Kier molecular flexibility index (Phi) is 5.65. The minimum Gasteiger partial charge on any atom is -0.356 e. The Hall–Kier alpha value is -1.18. The van der Waals surface area contributed by atoms with Crippen LogP contribution in [0.5, 0.6) is 0 Å². The fourth-order valence-electron chi connectivity index (χ4n) is 4.02.